The van der Waals surface area contributed by atoms with Crippen LogP contribution < -0.4 is 0 Å². The van der Waals surface area contributed by atoms with Gasteiger partial charge < -0.3 is 9.47 Å². The van der Waals surface area contributed by atoms with Crippen molar-refractivity contribution in [1.29, 1.82) is 0 Å². The van der Waals surface area contributed by atoms with Crippen LogP contribution in [0.15, 0.2) is 30.3 Å². The van der Waals surface area contributed by atoms with Crippen molar-refractivity contribution in [3.63, 3.8) is 0 Å². The molecular formula is C21H31NO2. The van der Waals surface area contributed by atoms with E-state index in [9.17, 15) is 0 Å². The van der Waals surface area contributed by atoms with Gasteiger partial charge in [0.15, 0.2) is 5.60 Å². The summed E-state index contributed by atoms with van der Waals surface area (Å²) in [5.41, 5.74) is 0.327. The van der Waals surface area contributed by atoms with Crippen LogP contribution in [0.25, 0.3) is 0 Å². The highest BCUT2D eigenvalue weighted by Crippen LogP contribution is 2.25. The molecule has 0 spiro atoms. The van der Waals surface area contributed by atoms with Crippen molar-refractivity contribution in [2.75, 3.05) is 32.9 Å². The Kier molecular flexibility index (Phi) is 7.30. The second-order valence-corrected chi connectivity index (χ2v) is 7.18. The molecule has 0 N–H and O–H groups in total. The Labute approximate surface area is 147 Å². The third-order valence-corrected chi connectivity index (χ3v) is 4.58. The molecule has 0 amide bonds. The number of terminal acetylenes is 1. The van der Waals surface area contributed by atoms with Crippen LogP contribution in [0.3, 0.4) is 0 Å². The van der Waals surface area contributed by atoms with Crippen molar-refractivity contribution in [3.05, 3.63) is 35.9 Å². The maximum absolute atomic E-state index is 6.24. The summed E-state index contributed by atoms with van der Waals surface area (Å²) in [5.74, 6) is 3.38. The lowest BCUT2D eigenvalue weighted by atomic mass is 9.97. The average Bonchev–Trinajstić information content (AvgIpc) is 3.12. The van der Waals surface area contributed by atoms with Crippen LogP contribution in [0.2, 0.25) is 0 Å². The molecule has 1 aromatic carbocycles. The molecule has 1 heterocycles. The smallest absolute Gasteiger partial charge is 0.151 e. The van der Waals surface area contributed by atoms with E-state index in [1.54, 1.807) is 0 Å². The van der Waals surface area contributed by atoms with Gasteiger partial charge in [-0.15, -0.1) is 6.42 Å². The van der Waals surface area contributed by atoms with Gasteiger partial charge in [0.25, 0.3) is 0 Å². The number of nitrogens with zero attached hydrogens (tertiary/aromatic N) is 1. The number of ether oxygens (including phenoxy) is 2. The van der Waals surface area contributed by atoms with Crippen LogP contribution in [-0.2, 0) is 15.1 Å². The Balaban J connectivity index is 1.98. The minimum Gasteiger partial charge on any atom is -0.379 e. The molecule has 0 unspecified atom stereocenters. The Morgan fingerprint density at radius 2 is 1.79 bits per heavy atom. The standard InChI is InChI=1S/C21H31NO2/c1-5-21(4,19-11-7-6-8-12-19)24-17-20(16-23-15-18(2)3)22-13-9-10-14-22/h1,6-8,11-12,18,20H,9-10,13-17H2,2-4H3/t20-,21+/m0/s1. The zero-order valence-corrected chi connectivity index (χ0v) is 15.3. The number of rotatable bonds is 9. The zero-order chi connectivity index (χ0) is 17.4. The molecule has 0 radical (unpaired) electrons. The van der Waals surface area contributed by atoms with Crippen LogP contribution in [-0.4, -0.2) is 43.9 Å². The molecule has 1 fully saturated rings. The highest BCUT2D eigenvalue weighted by Gasteiger charge is 2.29. The van der Waals surface area contributed by atoms with E-state index in [0.717, 1.165) is 25.3 Å². The molecule has 3 nitrogen and oxygen atoms in total. The highest BCUT2D eigenvalue weighted by molar-refractivity contribution is 5.29. The van der Waals surface area contributed by atoms with Gasteiger partial charge in [-0.05, 0) is 44.3 Å². The minimum atomic E-state index is -0.697. The van der Waals surface area contributed by atoms with Gasteiger partial charge in [0, 0.05) is 6.61 Å². The molecule has 0 bridgehead atoms. The summed E-state index contributed by atoms with van der Waals surface area (Å²) < 4.78 is 12.1. The fourth-order valence-electron chi connectivity index (χ4n) is 3.03. The highest BCUT2D eigenvalue weighted by atomic mass is 16.5. The second kappa shape index (κ2) is 9.22. The number of likely N-dealkylation sites (tertiary alicyclic amines) is 1. The van der Waals surface area contributed by atoms with Gasteiger partial charge >= 0.3 is 0 Å². The molecule has 132 valence electrons. The molecule has 3 heteroatoms. The average molecular weight is 329 g/mol. The molecular weight excluding hydrogens is 298 g/mol. The SMILES string of the molecule is C#C[C@@](C)(OC[C@H](COCC(C)C)N1CCCC1)c1ccccc1. The van der Waals surface area contributed by atoms with Gasteiger partial charge in [0.05, 0.1) is 19.3 Å². The molecule has 0 saturated carbocycles. The fraction of sp³-hybridized carbons (Fsp3) is 0.619. The lowest BCUT2D eigenvalue weighted by Crippen LogP contribution is -2.42. The van der Waals surface area contributed by atoms with E-state index < -0.39 is 5.60 Å². The largest absolute Gasteiger partial charge is 0.379 e. The fourth-order valence-corrected chi connectivity index (χ4v) is 3.03. The molecule has 0 aliphatic carbocycles. The molecule has 1 aliphatic heterocycles. The van der Waals surface area contributed by atoms with Crippen molar-refractivity contribution >= 4 is 0 Å². The topological polar surface area (TPSA) is 21.7 Å². The monoisotopic (exact) mass is 329 g/mol. The van der Waals surface area contributed by atoms with E-state index in [1.165, 1.54) is 12.8 Å². The van der Waals surface area contributed by atoms with Crippen LogP contribution in [0, 0.1) is 18.3 Å². The lowest BCUT2D eigenvalue weighted by molar-refractivity contribution is -0.0459. The Morgan fingerprint density at radius 3 is 2.38 bits per heavy atom. The lowest BCUT2D eigenvalue weighted by Gasteiger charge is -2.32. The van der Waals surface area contributed by atoms with E-state index in [1.807, 2.05) is 37.3 Å². The normalized spacial score (nSPS) is 19.1. The summed E-state index contributed by atoms with van der Waals surface area (Å²) >= 11 is 0. The van der Waals surface area contributed by atoms with Gasteiger partial charge in [-0.1, -0.05) is 50.1 Å². The molecule has 24 heavy (non-hydrogen) atoms. The summed E-state index contributed by atoms with van der Waals surface area (Å²) in [6, 6.07) is 10.3. The van der Waals surface area contributed by atoms with Crippen LogP contribution in [0.4, 0.5) is 0 Å². The summed E-state index contributed by atoms with van der Waals surface area (Å²) in [5, 5.41) is 0. The minimum absolute atomic E-state index is 0.266. The molecule has 2 rings (SSSR count). The first kappa shape index (κ1) is 19.0. The first-order valence-corrected chi connectivity index (χ1v) is 9.04. The Bertz CT molecular complexity index is 516. The third kappa shape index (κ3) is 5.34. The van der Waals surface area contributed by atoms with E-state index in [4.69, 9.17) is 15.9 Å². The molecule has 0 aromatic heterocycles. The van der Waals surface area contributed by atoms with E-state index in [0.29, 0.717) is 19.1 Å². The van der Waals surface area contributed by atoms with Gasteiger partial charge in [0.1, 0.15) is 0 Å². The zero-order valence-electron chi connectivity index (χ0n) is 15.3. The van der Waals surface area contributed by atoms with Crippen molar-refractivity contribution in [2.45, 2.75) is 45.3 Å². The molecule has 1 aromatic rings. The summed E-state index contributed by atoms with van der Waals surface area (Å²) in [4.78, 5) is 2.47. The van der Waals surface area contributed by atoms with E-state index in [2.05, 4.69) is 24.7 Å². The van der Waals surface area contributed by atoms with Crippen molar-refractivity contribution < 1.29 is 9.47 Å². The molecule has 2 atom stereocenters. The number of hydrogen-bond acceptors (Lipinski definition) is 3. The van der Waals surface area contributed by atoms with Crippen molar-refractivity contribution in [3.8, 4) is 12.3 Å². The van der Waals surface area contributed by atoms with Gasteiger partial charge in [-0.25, -0.2) is 0 Å². The Hall–Kier alpha value is -1.34. The van der Waals surface area contributed by atoms with Gasteiger partial charge in [0.2, 0.25) is 0 Å². The predicted octanol–water partition coefficient (Wildman–Crippen LogP) is 3.69. The van der Waals surface area contributed by atoms with Crippen molar-refractivity contribution in [1.82, 2.24) is 4.90 Å². The molecule has 1 aliphatic rings. The Morgan fingerprint density at radius 1 is 1.12 bits per heavy atom. The number of hydrogen-bond donors (Lipinski definition) is 0. The first-order valence-electron chi connectivity index (χ1n) is 9.04. The van der Waals surface area contributed by atoms with Gasteiger partial charge in [-0.2, -0.15) is 0 Å². The predicted molar refractivity (Wildman–Crippen MR) is 98.8 cm³/mol. The van der Waals surface area contributed by atoms with Crippen LogP contribution in [0.1, 0.15) is 39.2 Å². The summed E-state index contributed by atoms with van der Waals surface area (Å²) in [6.45, 7) is 10.6. The first-order chi connectivity index (χ1) is 11.5. The quantitative estimate of drug-likeness (QED) is 0.645. The van der Waals surface area contributed by atoms with Gasteiger partial charge in [-0.3, -0.25) is 4.90 Å². The van der Waals surface area contributed by atoms with Crippen molar-refractivity contribution in [2.24, 2.45) is 5.92 Å². The number of benzene rings is 1. The summed E-state index contributed by atoms with van der Waals surface area (Å²) in [7, 11) is 0. The molecule has 1 saturated heterocycles. The van der Waals surface area contributed by atoms with Crippen LogP contribution in [0.5, 0.6) is 0 Å². The second-order valence-electron chi connectivity index (χ2n) is 7.18. The maximum Gasteiger partial charge on any atom is 0.151 e. The van der Waals surface area contributed by atoms with Crippen LogP contribution >= 0.6 is 0 Å². The summed E-state index contributed by atoms with van der Waals surface area (Å²) in [6.07, 6.45) is 8.31. The third-order valence-electron chi connectivity index (χ3n) is 4.58. The maximum atomic E-state index is 6.24. The van der Waals surface area contributed by atoms with E-state index in [-0.39, 0.29) is 6.04 Å². The van der Waals surface area contributed by atoms with E-state index >= 15 is 0 Å².